The molecule has 1 atom stereocenters. The Labute approximate surface area is 292 Å². The van der Waals surface area contributed by atoms with Crippen molar-refractivity contribution in [3.63, 3.8) is 0 Å². The van der Waals surface area contributed by atoms with Gasteiger partial charge in [0.2, 0.25) is 11.9 Å². The topological polar surface area (TPSA) is 184 Å². The molecule has 270 valence electrons. The molecule has 0 unspecified atom stereocenters. The van der Waals surface area contributed by atoms with Crippen LogP contribution < -0.4 is 35.5 Å². The maximum Gasteiger partial charge on any atom is 0.407 e. The lowest BCUT2D eigenvalue weighted by atomic mass is 10.1. The maximum atomic E-state index is 13.6. The lowest BCUT2D eigenvalue weighted by Crippen LogP contribution is -2.44. The maximum absolute atomic E-state index is 13.6. The van der Waals surface area contributed by atoms with E-state index >= 15 is 0 Å². The summed E-state index contributed by atoms with van der Waals surface area (Å²) in [5.74, 6) is 0.388. The van der Waals surface area contributed by atoms with Gasteiger partial charge in [-0.15, -0.1) is 0 Å². The highest BCUT2D eigenvalue weighted by Gasteiger charge is 2.25. The van der Waals surface area contributed by atoms with Gasteiger partial charge in [0.05, 0.1) is 32.5 Å². The molecule has 0 spiro atoms. The number of rotatable bonds is 8. The number of carbonyl (C=O) groups is 3. The van der Waals surface area contributed by atoms with Crippen LogP contribution in [0.4, 0.5) is 22.4 Å². The number of anilines is 3. The highest BCUT2D eigenvalue weighted by molar-refractivity contribution is 5.99. The third-order valence-corrected chi connectivity index (χ3v) is 7.20. The number of hydrogen-bond acceptors (Lipinski definition) is 13. The first-order chi connectivity index (χ1) is 24.0. The normalized spacial score (nSPS) is 14.2. The van der Waals surface area contributed by atoms with Crippen molar-refractivity contribution < 1.29 is 38.1 Å². The molecule has 2 aliphatic heterocycles. The lowest BCUT2D eigenvalue weighted by Gasteiger charge is -2.21. The third kappa shape index (κ3) is 12.3. The van der Waals surface area contributed by atoms with Crippen LogP contribution in [-0.2, 0) is 20.8 Å². The monoisotopic (exact) mass is 693 g/mol. The van der Waals surface area contributed by atoms with Gasteiger partial charge >= 0.3 is 18.1 Å². The van der Waals surface area contributed by atoms with Gasteiger partial charge in [0.25, 0.3) is 5.91 Å². The number of nitrogens with zero attached hydrogens (tertiary/aromatic N) is 3. The zero-order valence-electron chi connectivity index (χ0n) is 29.3. The van der Waals surface area contributed by atoms with Crippen molar-refractivity contribution in [3.8, 4) is 17.5 Å². The zero-order chi connectivity index (χ0) is 35.9. The molecular weight excluding hydrogens is 646 g/mol. The first-order valence-electron chi connectivity index (χ1n) is 16.8. The van der Waals surface area contributed by atoms with E-state index in [1.54, 1.807) is 39.0 Å². The van der Waals surface area contributed by atoms with Crippen molar-refractivity contribution in [2.45, 2.75) is 78.0 Å². The number of fused-ring (bicyclic) bond motifs is 10. The number of esters is 1. The number of alkyl carbamates (subject to hydrolysis) is 1. The van der Waals surface area contributed by atoms with Crippen LogP contribution in [0.2, 0.25) is 0 Å². The summed E-state index contributed by atoms with van der Waals surface area (Å²) in [6, 6.07) is 11.9. The Morgan fingerprint density at radius 2 is 1.66 bits per heavy atom. The summed E-state index contributed by atoms with van der Waals surface area (Å²) in [6.07, 6.45) is 2.91. The molecule has 1 aromatic heterocycles. The molecule has 3 heterocycles. The number of carbonyl (C=O) groups excluding carboxylic acids is 3. The molecule has 2 aromatic carbocycles. The summed E-state index contributed by atoms with van der Waals surface area (Å²) >= 11 is 0. The number of hydrogen-bond donors (Lipinski definition) is 4. The molecule has 2 aliphatic rings. The van der Waals surface area contributed by atoms with Crippen LogP contribution in [0.5, 0.6) is 17.5 Å². The molecule has 15 heteroatoms. The molecule has 0 saturated heterocycles. The first-order valence-corrected chi connectivity index (χ1v) is 16.8. The Hall–Kier alpha value is -5.34. The summed E-state index contributed by atoms with van der Waals surface area (Å²) in [5, 5.41) is 11.7. The minimum atomic E-state index is -1.04. The zero-order valence-corrected chi connectivity index (χ0v) is 29.3. The van der Waals surface area contributed by atoms with Crippen molar-refractivity contribution in [2.24, 2.45) is 0 Å². The second kappa shape index (κ2) is 18.4. The van der Waals surface area contributed by atoms with Crippen LogP contribution in [0.1, 0.15) is 75.7 Å². The summed E-state index contributed by atoms with van der Waals surface area (Å²) in [5.41, 5.74) is 1.08. The van der Waals surface area contributed by atoms with E-state index in [1.807, 2.05) is 31.2 Å². The quantitative estimate of drug-likeness (QED) is 0.228. The first kappa shape index (κ1) is 37.5. The Bertz CT molecular complexity index is 1580. The highest BCUT2D eigenvalue weighted by atomic mass is 16.6. The molecule has 6 bridgehead atoms. The van der Waals surface area contributed by atoms with Gasteiger partial charge in [-0.25, -0.2) is 9.59 Å². The van der Waals surface area contributed by atoms with Crippen molar-refractivity contribution in [2.75, 3.05) is 44.1 Å². The molecule has 5 rings (SSSR count). The number of amides is 2. The van der Waals surface area contributed by atoms with Gasteiger partial charge < -0.3 is 45.0 Å². The van der Waals surface area contributed by atoms with E-state index < -0.39 is 29.6 Å². The van der Waals surface area contributed by atoms with Gasteiger partial charge in [0.1, 0.15) is 23.1 Å². The summed E-state index contributed by atoms with van der Waals surface area (Å²) in [6.45, 7) is 8.89. The van der Waals surface area contributed by atoms with Crippen LogP contribution in [0, 0.1) is 0 Å². The van der Waals surface area contributed by atoms with Crippen LogP contribution in [-0.4, -0.2) is 78.0 Å². The lowest BCUT2D eigenvalue weighted by molar-refractivity contribution is -0.143. The predicted molar refractivity (Wildman–Crippen MR) is 186 cm³/mol. The fraction of sp³-hybridized carbons (Fsp3) is 0.486. The van der Waals surface area contributed by atoms with Gasteiger partial charge in [-0.05, 0) is 89.6 Å². The van der Waals surface area contributed by atoms with Crippen molar-refractivity contribution >= 4 is 35.6 Å². The van der Waals surface area contributed by atoms with Gasteiger partial charge in [-0.2, -0.15) is 15.0 Å². The molecule has 0 aliphatic carbocycles. The molecule has 0 radical (unpaired) electrons. The SMILES string of the molecule is CCOc1nc2nc(n1)Nc1ccc(C(=O)N[C@@H](CCNC(=O)OC(C)(C)C)C(=O)OC)c(c1)OCCCCCCOc1ccc(cc1)CN2. The molecule has 3 aromatic rings. The van der Waals surface area contributed by atoms with E-state index in [9.17, 15) is 14.4 Å². The smallest absolute Gasteiger partial charge is 0.407 e. The van der Waals surface area contributed by atoms with Crippen LogP contribution in [0.15, 0.2) is 42.5 Å². The van der Waals surface area contributed by atoms with Crippen LogP contribution >= 0.6 is 0 Å². The van der Waals surface area contributed by atoms with E-state index in [0.717, 1.165) is 37.0 Å². The minimum Gasteiger partial charge on any atom is -0.494 e. The summed E-state index contributed by atoms with van der Waals surface area (Å²) in [4.78, 5) is 51.6. The fourth-order valence-electron chi connectivity index (χ4n) is 4.80. The van der Waals surface area contributed by atoms with Gasteiger partial charge in [-0.3, -0.25) is 4.79 Å². The largest absolute Gasteiger partial charge is 0.494 e. The Morgan fingerprint density at radius 3 is 2.36 bits per heavy atom. The Balaban J connectivity index is 1.55. The molecule has 4 N–H and O–H groups in total. The van der Waals surface area contributed by atoms with E-state index in [0.29, 0.717) is 38.0 Å². The Morgan fingerprint density at radius 1 is 0.940 bits per heavy atom. The van der Waals surface area contributed by atoms with Gasteiger partial charge in [0.15, 0.2) is 0 Å². The summed E-state index contributed by atoms with van der Waals surface area (Å²) in [7, 11) is 1.23. The van der Waals surface area contributed by atoms with E-state index in [1.165, 1.54) is 7.11 Å². The molecule has 15 nitrogen and oxygen atoms in total. The fourth-order valence-corrected chi connectivity index (χ4v) is 4.80. The van der Waals surface area contributed by atoms with Crippen molar-refractivity contribution in [1.29, 1.82) is 0 Å². The molecule has 0 fully saturated rings. The average molecular weight is 694 g/mol. The molecular formula is C35H47N7O8. The average Bonchev–Trinajstić information content (AvgIpc) is 3.07. The van der Waals surface area contributed by atoms with E-state index in [-0.39, 0.29) is 36.2 Å². The minimum absolute atomic E-state index is 0.0600. The van der Waals surface area contributed by atoms with Crippen molar-refractivity contribution in [1.82, 2.24) is 25.6 Å². The van der Waals surface area contributed by atoms with Gasteiger partial charge in [0, 0.05) is 24.8 Å². The number of benzene rings is 2. The molecule has 50 heavy (non-hydrogen) atoms. The van der Waals surface area contributed by atoms with Crippen LogP contribution in [0.3, 0.4) is 0 Å². The number of methoxy groups -OCH3 is 1. The summed E-state index contributed by atoms with van der Waals surface area (Å²) < 4.78 is 27.8. The predicted octanol–water partition coefficient (Wildman–Crippen LogP) is 5.14. The highest BCUT2D eigenvalue weighted by Crippen LogP contribution is 2.27. The number of aromatic nitrogens is 3. The third-order valence-electron chi connectivity index (χ3n) is 7.20. The second-order valence-corrected chi connectivity index (χ2v) is 12.4. The second-order valence-electron chi connectivity index (χ2n) is 12.4. The van der Waals surface area contributed by atoms with E-state index in [2.05, 4.69) is 36.2 Å². The molecule has 2 amide bonds. The van der Waals surface area contributed by atoms with E-state index in [4.69, 9.17) is 23.7 Å². The Kier molecular flexibility index (Phi) is 13.8. The van der Waals surface area contributed by atoms with Crippen molar-refractivity contribution in [3.05, 3.63) is 53.6 Å². The standard InChI is InChI=1S/C35H47N7O8/c1-6-47-33-41-31-37-22-23-11-14-25(15-12-23)48-19-9-7-8-10-20-49-28-21-24(38-32(40-31)42-33)13-16-26(28)29(43)39-27(30(44)46-5)17-18-36-34(45)50-35(2,3)4/h11-16,21,27H,6-10,17-20,22H2,1-5H3,(H,36,45)(H,39,43)(H2,37,38,40,41,42)/t27-/m0/s1. The van der Waals surface area contributed by atoms with Crippen LogP contribution in [0.25, 0.3) is 0 Å². The van der Waals surface area contributed by atoms with Gasteiger partial charge in [-0.1, -0.05) is 12.1 Å². The number of ether oxygens (including phenoxy) is 5. The number of nitrogens with one attached hydrogen (secondary N) is 4. The molecule has 0 saturated carbocycles.